The van der Waals surface area contributed by atoms with Crippen molar-refractivity contribution in [2.24, 2.45) is 0 Å². The molecule has 29 heavy (non-hydrogen) atoms. The highest BCUT2D eigenvalue weighted by molar-refractivity contribution is 6.31. The summed E-state index contributed by atoms with van der Waals surface area (Å²) in [7, 11) is 0. The highest BCUT2D eigenvalue weighted by Crippen LogP contribution is 2.30. The van der Waals surface area contributed by atoms with Crippen molar-refractivity contribution < 1.29 is 27.2 Å². The van der Waals surface area contributed by atoms with Crippen LogP contribution in [0, 0.1) is 0 Å². The van der Waals surface area contributed by atoms with Gasteiger partial charge < -0.3 is 19.5 Å². The van der Waals surface area contributed by atoms with Crippen LogP contribution in [0.3, 0.4) is 0 Å². The summed E-state index contributed by atoms with van der Waals surface area (Å²) in [6.07, 6.45) is -0.609. The van der Waals surface area contributed by atoms with E-state index >= 15 is 0 Å². The molecule has 2 amide bonds. The lowest BCUT2D eigenvalue weighted by Crippen LogP contribution is -2.52. The molecule has 154 valence electrons. The van der Waals surface area contributed by atoms with Gasteiger partial charge in [-0.2, -0.15) is 13.2 Å². The van der Waals surface area contributed by atoms with Gasteiger partial charge in [0.05, 0.1) is 17.6 Å². The zero-order valence-electron chi connectivity index (χ0n) is 15.1. The minimum atomic E-state index is -4.89. The Morgan fingerprint density at radius 2 is 1.86 bits per heavy atom. The van der Waals surface area contributed by atoms with E-state index in [0.29, 0.717) is 22.2 Å². The molecule has 0 bridgehead atoms. The van der Waals surface area contributed by atoms with E-state index in [4.69, 9.17) is 16.0 Å². The van der Waals surface area contributed by atoms with Crippen molar-refractivity contribution in [3.63, 3.8) is 0 Å². The first-order valence-corrected chi connectivity index (χ1v) is 9.05. The van der Waals surface area contributed by atoms with Crippen LogP contribution in [0.4, 0.5) is 24.5 Å². The quantitative estimate of drug-likeness (QED) is 0.754. The third-order valence-electron chi connectivity index (χ3n) is 4.31. The topological polar surface area (TPSA) is 65.8 Å². The summed E-state index contributed by atoms with van der Waals surface area (Å²) in [5.41, 5.74) is 1.02. The van der Waals surface area contributed by atoms with Crippen molar-refractivity contribution in [1.29, 1.82) is 0 Å². The highest BCUT2D eigenvalue weighted by Gasteiger charge is 2.43. The Morgan fingerprint density at radius 3 is 2.48 bits per heavy atom. The van der Waals surface area contributed by atoms with Crippen molar-refractivity contribution in [2.45, 2.75) is 6.18 Å². The number of hydrogen-bond acceptors (Lipinski definition) is 4. The SMILES string of the molecule is O=C(/C=C/c1ccco1)Nc1cc(Cl)ccc1N1CCN(C(=O)C(F)(F)F)CC1. The number of piperazine rings is 1. The molecule has 0 aliphatic carbocycles. The highest BCUT2D eigenvalue weighted by atomic mass is 35.5. The van der Waals surface area contributed by atoms with Crippen LogP contribution in [-0.4, -0.2) is 49.1 Å². The average molecular weight is 428 g/mol. The lowest BCUT2D eigenvalue weighted by atomic mass is 10.2. The van der Waals surface area contributed by atoms with Gasteiger partial charge in [0, 0.05) is 37.3 Å². The van der Waals surface area contributed by atoms with E-state index in [1.807, 2.05) is 0 Å². The van der Waals surface area contributed by atoms with Gasteiger partial charge >= 0.3 is 12.1 Å². The summed E-state index contributed by atoms with van der Waals surface area (Å²) in [6, 6.07) is 8.24. The smallest absolute Gasteiger partial charge is 0.465 e. The maximum absolute atomic E-state index is 12.6. The number of carbonyl (C=O) groups is 2. The first-order valence-electron chi connectivity index (χ1n) is 8.67. The minimum Gasteiger partial charge on any atom is -0.465 e. The summed E-state index contributed by atoms with van der Waals surface area (Å²) in [4.78, 5) is 26.2. The molecule has 0 saturated carbocycles. The predicted molar refractivity (Wildman–Crippen MR) is 103 cm³/mol. The van der Waals surface area contributed by atoms with Crippen LogP contribution < -0.4 is 10.2 Å². The van der Waals surface area contributed by atoms with Crippen molar-refractivity contribution >= 4 is 40.9 Å². The Balaban J connectivity index is 1.69. The fraction of sp³-hybridized carbons (Fsp3) is 0.263. The van der Waals surface area contributed by atoms with Crippen LogP contribution >= 0.6 is 11.6 Å². The van der Waals surface area contributed by atoms with Crippen LogP contribution in [0.25, 0.3) is 6.08 Å². The summed E-state index contributed by atoms with van der Waals surface area (Å²) in [5, 5.41) is 3.11. The van der Waals surface area contributed by atoms with Gasteiger partial charge in [0.2, 0.25) is 5.91 Å². The van der Waals surface area contributed by atoms with Gasteiger partial charge in [-0.25, -0.2) is 0 Å². The first-order chi connectivity index (χ1) is 13.7. The number of benzene rings is 1. The van der Waals surface area contributed by atoms with Crippen molar-refractivity contribution in [3.05, 3.63) is 53.5 Å². The van der Waals surface area contributed by atoms with E-state index in [0.717, 1.165) is 4.90 Å². The maximum atomic E-state index is 12.6. The number of nitrogens with zero attached hydrogens (tertiary/aromatic N) is 2. The second-order valence-corrected chi connectivity index (χ2v) is 6.71. The van der Waals surface area contributed by atoms with Gasteiger partial charge in [0.25, 0.3) is 0 Å². The molecule has 1 aromatic heterocycles. The number of furan rings is 1. The van der Waals surface area contributed by atoms with Gasteiger partial charge in [0.1, 0.15) is 5.76 Å². The van der Waals surface area contributed by atoms with Crippen LogP contribution in [0.15, 0.2) is 47.1 Å². The standard InChI is InChI=1S/C19H17ClF3N3O3/c20-13-3-5-16(25-7-9-26(10-8-25)18(28)19(21,22)23)15(12-13)24-17(27)6-4-14-2-1-11-29-14/h1-6,11-12H,7-10H2,(H,24,27)/b6-4+. The lowest BCUT2D eigenvalue weighted by molar-refractivity contribution is -0.185. The van der Waals surface area contributed by atoms with Crippen LogP contribution in [0.2, 0.25) is 5.02 Å². The molecule has 0 spiro atoms. The molecule has 1 aromatic carbocycles. The zero-order chi connectivity index (χ0) is 21.0. The predicted octanol–water partition coefficient (Wildman–Crippen LogP) is 3.80. The van der Waals surface area contributed by atoms with Crippen molar-refractivity contribution in [3.8, 4) is 0 Å². The number of anilines is 2. The molecule has 2 aromatic rings. The van der Waals surface area contributed by atoms with E-state index < -0.39 is 18.0 Å². The van der Waals surface area contributed by atoms with Crippen molar-refractivity contribution in [1.82, 2.24) is 4.90 Å². The number of rotatable bonds is 4. The van der Waals surface area contributed by atoms with Crippen molar-refractivity contribution in [2.75, 3.05) is 36.4 Å². The molecule has 10 heteroatoms. The molecule has 1 fully saturated rings. The fourth-order valence-electron chi connectivity index (χ4n) is 2.93. The number of hydrogen-bond donors (Lipinski definition) is 1. The Hall–Kier alpha value is -2.94. The average Bonchev–Trinajstić information content (AvgIpc) is 3.19. The Bertz CT molecular complexity index is 905. The molecule has 1 aliphatic rings. The van der Waals surface area contributed by atoms with Crippen LogP contribution in [0.1, 0.15) is 5.76 Å². The Morgan fingerprint density at radius 1 is 1.14 bits per heavy atom. The van der Waals surface area contributed by atoms with Gasteiger partial charge in [-0.1, -0.05) is 11.6 Å². The summed E-state index contributed by atoms with van der Waals surface area (Å²) in [5.74, 6) is -1.75. The fourth-order valence-corrected chi connectivity index (χ4v) is 3.10. The zero-order valence-corrected chi connectivity index (χ0v) is 15.8. The third kappa shape index (κ3) is 5.32. The van der Waals surface area contributed by atoms with Gasteiger partial charge in [-0.15, -0.1) is 0 Å². The molecule has 1 N–H and O–H groups in total. The molecule has 1 aliphatic heterocycles. The molecule has 0 unspecified atom stereocenters. The molecule has 1 saturated heterocycles. The van der Waals surface area contributed by atoms with Gasteiger partial charge in [-0.05, 0) is 36.4 Å². The monoisotopic (exact) mass is 427 g/mol. The van der Waals surface area contributed by atoms with Crippen LogP contribution in [0.5, 0.6) is 0 Å². The second-order valence-electron chi connectivity index (χ2n) is 6.28. The maximum Gasteiger partial charge on any atom is 0.471 e. The van der Waals surface area contributed by atoms with Gasteiger partial charge in [0.15, 0.2) is 0 Å². The third-order valence-corrected chi connectivity index (χ3v) is 4.54. The van der Waals surface area contributed by atoms with Crippen LogP contribution in [-0.2, 0) is 9.59 Å². The molecular formula is C19H17ClF3N3O3. The number of alkyl halides is 3. The first kappa shape index (κ1) is 20.8. The number of nitrogens with one attached hydrogen (secondary N) is 1. The largest absolute Gasteiger partial charge is 0.471 e. The van der Waals surface area contributed by atoms with E-state index in [-0.39, 0.29) is 26.2 Å². The van der Waals surface area contributed by atoms with Gasteiger partial charge in [-0.3, -0.25) is 9.59 Å². The van der Waals surface area contributed by atoms with E-state index in [9.17, 15) is 22.8 Å². The Kier molecular flexibility index (Phi) is 6.17. The van der Waals surface area contributed by atoms with E-state index in [2.05, 4.69) is 5.32 Å². The molecular weight excluding hydrogens is 411 g/mol. The molecule has 0 radical (unpaired) electrons. The normalized spacial score (nSPS) is 15.0. The number of amides is 2. The van der Waals surface area contributed by atoms with E-state index in [1.165, 1.54) is 18.4 Å². The molecule has 3 rings (SSSR count). The summed E-state index contributed by atoms with van der Waals surface area (Å²) < 4.78 is 42.9. The second kappa shape index (κ2) is 8.60. The summed E-state index contributed by atoms with van der Waals surface area (Å²) in [6.45, 7) is 0.225. The molecule has 6 nitrogen and oxygen atoms in total. The number of halogens is 4. The summed E-state index contributed by atoms with van der Waals surface area (Å²) >= 11 is 6.03. The lowest BCUT2D eigenvalue weighted by Gasteiger charge is -2.37. The minimum absolute atomic E-state index is 0.0766. The number of carbonyl (C=O) groups excluding carboxylic acids is 2. The Labute approximate surface area is 169 Å². The molecule has 0 atom stereocenters. The van der Waals surface area contributed by atoms with E-state index in [1.54, 1.807) is 35.2 Å². The molecule has 2 heterocycles.